The molecule has 0 spiro atoms. The predicted octanol–water partition coefficient (Wildman–Crippen LogP) is 5.08. The van der Waals surface area contributed by atoms with Crippen LogP contribution in [0.3, 0.4) is 0 Å². The van der Waals surface area contributed by atoms with Gasteiger partial charge in [0.05, 0.1) is 15.9 Å². The van der Waals surface area contributed by atoms with E-state index in [1.165, 1.54) is 12.1 Å². The highest BCUT2D eigenvalue weighted by molar-refractivity contribution is 9.10. The molecule has 0 atom stereocenters. The molecular weight excluding hydrogens is 459 g/mol. The Morgan fingerprint density at radius 2 is 1.38 bits per heavy atom. The lowest BCUT2D eigenvalue weighted by Crippen LogP contribution is -2.16. The largest absolute Gasteiger partial charge is 0.337 e. The Labute approximate surface area is 175 Å². The number of benzene rings is 3. The van der Waals surface area contributed by atoms with Crippen molar-refractivity contribution in [1.82, 2.24) is 9.97 Å². The quantitative estimate of drug-likeness (QED) is 0.423. The van der Waals surface area contributed by atoms with Gasteiger partial charge in [0.25, 0.3) is 10.0 Å². The molecular formula is C20H14BrFN4O2S. The second-order valence-electron chi connectivity index (χ2n) is 6.10. The van der Waals surface area contributed by atoms with Gasteiger partial charge in [0.1, 0.15) is 5.82 Å². The number of fused-ring (bicyclic) bond motifs is 1. The summed E-state index contributed by atoms with van der Waals surface area (Å²) in [4.78, 5) is 8.85. The van der Waals surface area contributed by atoms with E-state index in [9.17, 15) is 12.8 Å². The van der Waals surface area contributed by atoms with Crippen LogP contribution >= 0.6 is 15.9 Å². The minimum absolute atomic E-state index is 0.0379. The zero-order valence-electron chi connectivity index (χ0n) is 14.8. The van der Waals surface area contributed by atoms with E-state index in [2.05, 4.69) is 35.9 Å². The van der Waals surface area contributed by atoms with Crippen LogP contribution in [0.1, 0.15) is 0 Å². The highest BCUT2D eigenvalue weighted by Crippen LogP contribution is 2.27. The van der Waals surface area contributed by atoms with Gasteiger partial charge in [-0.05, 0) is 60.7 Å². The lowest BCUT2D eigenvalue weighted by Gasteiger charge is -2.14. The van der Waals surface area contributed by atoms with Crippen LogP contribution in [-0.2, 0) is 10.0 Å². The van der Waals surface area contributed by atoms with Crippen molar-refractivity contribution in [3.05, 3.63) is 83.1 Å². The summed E-state index contributed by atoms with van der Waals surface area (Å²) in [6.07, 6.45) is 0. The molecule has 0 saturated heterocycles. The molecule has 0 unspecified atom stereocenters. The highest BCUT2D eigenvalue weighted by Gasteiger charge is 2.19. The summed E-state index contributed by atoms with van der Waals surface area (Å²) in [6, 6.07) is 19.0. The van der Waals surface area contributed by atoms with Crippen LogP contribution < -0.4 is 10.0 Å². The Bertz CT molecular complexity index is 1280. The first-order valence-corrected chi connectivity index (χ1v) is 10.8. The SMILES string of the molecule is O=S(=O)(Nc1nc2ccccc2nc1Nc1ccc(Br)cc1)c1ccc(F)cc1. The van der Waals surface area contributed by atoms with Crippen LogP contribution in [0.2, 0.25) is 0 Å². The molecule has 29 heavy (non-hydrogen) atoms. The van der Waals surface area contributed by atoms with Gasteiger partial charge >= 0.3 is 0 Å². The zero-order valence-corrected chi connectivity index (χ0v) is 17.2. The summed E-state index contributed by atoms with van der Waals surface area (Å²) in [5.74, 6) is -0.236. The van der Waals surface area contributed by atoms with Crippen molar-refractivity contribution in [2.45, 2.75) is 4.90 Å². The highest BCUT2D eigenvalue weighted by atomic mass is 79.9. The van der Waals surface area contributed by atoms with Crippen molar-refractivity contribution in [2.75, 3.05) is 10.0 Å². The van der Waals surface area contributed by atoms with Gasteiger partial charge in [0.15, 0.2) is 11.6 Å². The second-order valence-corrected chi connectivity index (χ2v) is 8.70. The maximum atomic E-state index is 13.2. The van der Waals surface area contributed by atoms with Gasteiger partial charge in [-0.3, -0.25) is 4.72 Å². The van der Waals surface area contributed by atoms with E-state index in [1.807, 2.05) is 30.3 Å². The number of sulfonamides is 1. The lowest BCUT2D eigenvalue weighted by atomic mass is 10.3. The number of nitrogens with one attached hydrogen (secondary N) is 2. The number of aromatic nitrogens is 2. The van der Waals surface area contributed by atoms with E-state index < -0.39 is 15.8 Å². The molecule has 2 N–H and O–H groups in total. The lowest BCUT2D eigenvalue weighted by molar-refractivity contribution is 0.599. The Hall–Kier alpha value is -3.04. The molecule has 0 amide bonds. The molecule has 0 bridgehead atoms. The van der Waals surface area contributed by atoms with Crippen LogP contribution in [0, 0.1) is 5.82 Å². The van der Waals surface area contributed by atoms with Crippen molar-refractivity contribution in [3.63, 3.8) is 0 Å². The Morgan fingerprint density at radius 1 is 0.793 bits per heavy atom. The van der Waals surface area contributed by atoms with Crippen LogP contribution in [0.25, 0.3) is 11.0 Å². The van der Waals surface area contributed by atoms with Crippen molar-refractivity contribution in [3.8, 4) is 0 Å². The minimum Gasteiger partial charge on any atom is -0.337 e. The topological polar surface area (TPSA) is 84.0 Å². The Kier molecular flexibility index (Phi) is 5.16. The summed E-state index contributed by atoms with van der Waals surface area (Å²) >= 11 is 3.37. The molecule has 3 aromatic carbocycles. The Balaban J connectivity index is 1.77. The molecule has 0 saturated carbocycles. The first kappa shape index (κ1) is 19.3. The number of anilines is 3. The molecule has 9 heteroatoms. The van der Waals surface area contributed by atoms with E-state index in [0.29, 0.717) is 16.7 Å². The van der Waals surface area contributed by atoms with Gasteiger partial charge < -0.3 is 5.32 Å². The molecule has 146 valence electrons. The molecule has 4 aromatic rings. The molecule has 1 heterocycles. The molecule has 1 aromatic heterocycles. The number of rotatable bonds is 5. The number of nitrogens with zero attached hydrogens (tertiary/aromatic N) is 2. The summed E-state index contributed by atoms with van der Waals surface area (Å²) in [5, 5.41) is 3.09. The zero-order chi connectivity index (χ0) is 20.4. The monoisotopic (exact) mass is 472 g/mol. The van der Waals surface area contributed by atoms with E-state index in [4.69, 9.17) is 0 Å². The van der Waals surface area contributed by atoms with E-state index >= 15 is 0 Å². The first-order chi connectivity index (χ1) is 13.9. The third kappa shape index (κ3) is 4.36. The van der Waals surface area contributed by atoms with Crippen LogP contribution in [0.15, 0.2) is 82.2 Å². The van der Waals surface area contributed by atoms with Gasteiger partial charge in [0.2, 0.25) is 0 Å². The normalized spacial score (nSPS) is 11.4. The summed E-state index contributed by atoms with van der Waals surface area (Å²) in [5.41, 5.74) is 1.85. The van der Waals surface area contributed by atoms with Crippen molar-refractivity contribution < 1.29 is 12.8 Å². The van der Waals surface area contributed by atoms with Gasteiger partial charge in [-0.25, -0.2) is 22.8 Å². The van der Waals surface area contributed by atoms with Gasteiger partial charge in [-0.1, -0.05) is 28.1 Å². The number of hydrogen-bond donors (Lipinski definition) is 2. The summed E-state index contributed by atoms with van der Waals surface area (Å²) < 4.78 is 42.0. The fraction of sp³-hybridized carbons (Fsp3) is 0. The van der Waals surface area contributed by atoms with Gasteiger partial charge in [0, 0.05) is 10.2 Å². The summed E-state index contributed by atoms with van der Waals surface area (Å²) in [6.45, 7) is 0. The average molecular weight is 473 g/mol. The van der Waals surface area contributed by atoms with E-state index in [-0.39, 0.29) is 16.5 Å². The fourth-order valence-electron chi connectivity index (χ4n) is 2.63. The molecule has 4 rings (SSSR count). The van der Waals surface area contributed by atoms with E-state index in [1.54, 1.807) is 18.2 Å². The molecule has 0 aliphatic heterocycles. The molecule has 0 radical (unpaired) electrons. The Morgan fingerprint density at radius 3 is 2.00 bits per heavy atom. The minimum atomic E-state index is -3.99. The predicted molar refractivity (Wildman–Crippen MR) is 114 cm³/mol. The van der Waals surface area contributed by atoms with Crippen LogP contribution in [-0.4, -0.2) is 18.4 Å². The third-order valence-corrected chi connectivity index (χ3v) is 5.92. The van der Waals surface area contributed by atoms with Crippen LogP contribution in [0.4, 0.5) is 21.7 Å². The third-order valence-electron chi connectivity index (χ3n) is 4.03. The smallest absolute Gasteiger partial charge is 0.263 e. The molecule has 0 aliphatic carbocycles. The number of para-hydroxylation sites is 2. The van der Waals surface area contributed by atoms with Crippen LogP contribution in [0.5, 0.6) is 0 Å². The first-order valence-electron chi connectivity index (χ1n) is 8.48. The van der Waals surface area contributed by atoms with Gasteiger partial charge in [-0.2, -0.15) is 0 Å². The maximum Gasteiger partial charge on any atom is 0.263 e. The standard InChI is InChI=1S/C20H14BrFN4O2S/c21-13-5-9-15(10-6-13)23-19-20(25-18-4-2-1-3-17(18)24-19)26-29(27,28)16-11-7-14(22)8-12-16/h1-12H,(H,23,24)(H,25,26). The molecule has 0 aliphatic rings. The molecule has 6 nitrogen and oxygen atoms in total. The second kappa shape index (κ2) is 7.76. The van der Waals surface area contributed by atoms with Crippen molar-refractivity contribution in [2.24, 2.45) is 0 Å². The van der Waals surface area contributed by atoms with E-state index in [0.717, 1.165) is 16.6 Å². The van der Waals surface area contributed by atoms with Gasteiger partial charge in [-0.15, -0.1) is 0 Å². The fourth-order valence-corrected chi connectivity index (χ4v) is 3.90. The molecule has 0 fully saturated rings. The number of hydrogen-bond acceptors (Lipinski definition) is 5. The van der Waals surface area contributed by atoms with Crippen molar-refractivity contribution >= 4 is 54.3 Å². The average Bonchev–Trinajstić information content (AvgIpc) is 2.70. The van der Waals surface area contributed by atoms with Crippen molar-refractivity contribution in [1.29, 1.82) is 0 Å². The number of halogens is 2. The summed E-state index contributed by atoms with van der Waals surface area (Å²) in [7, 11) is -3.99. The maximum absolute atomic E-state index is 13.2.